The van der Waals surface area contributed by atoms with Gasteiger partial charge in [-0.05, 0) is 18.6 Å². The van der Waals surface area contributed by atoms with E-state index in [9.17, 15) is 25.0 Å². The third-order valence-corrected chi connectivity index (χ3v) is 3.26. The Bertz CT molecular complexity index is 813. The zero-order valence-electron chi connectivity index (χ0n) is 12.1. The lowest BCUT2D eigenvalue weighted by atomic mass is 10.0. The molecule has 2 aromatic rings. The largest absolute Gasteiger partial charge is 0.289 e. The average molecular weight is 312 g/mol. The van der Waals surface area contributed by atoms with Gasteiger partial charge < -0.3 is 0 Å². The van der Waals surface area contributed by atoms with Gasteiger partial charge in [0, 0.05) is 17.2 Å². The fourth-order valence-corrected chi connectivity index (χ4v) is 2.06. The highest BCUT2D eigenvalue weighted by Crippen LogP contribution is 2.28. The van der Waals surface area contributed by atoms with Crippen molar-refractivity contribution in [3.63, 3.8) is 0 Å². The Hall–Kier alpha value is -3.35. The highest BCUT2D eigenvalue weighted by atomic mass is 16.6. The van der Waals surface area contributed by atoms with Crippen molar-refractivity contribution in [2.75, 3.05) is 0 Å². The van der Waals surface area contributed by atoms with Crippen molar-refractivity contribution in [2.24, 2.45) is 0 Å². The normalized spacial score (nSPS) is 10.7. The topological polar surface area (TPSA) is 103 Å². The lowest BCUT2D eigenvalue weighted by Gasteiger charge is -2.03. The van der Waals surface area contributed by atoms with Gasteiger partial charge in [0.2, 0.25) is 0 Å². The quantitative estimate of drug-likeness (QED) is 0.362. The second-order valence-corrected chi connectivity index (χ2v) is 4.76. The van der Waals surface area contributed by atoms with Gasteiger partial charge in [0.1, 0.15) is 0 Å². The molecule has 0 N–H and O–H groups in total. The summed E-state index contributed by atoms with van der Waals surface area (Å²) in [6, 6.07) is 10.9. The number of allylic oxidation sites excluding steroid dienone is 1. The zero-order chi connectivity index (χ0) is 17.0. The number of carbonyl (C=O) groups excluding carboxylic acids is 1. The number of benzene rings is 2. The molecule has 0 aliphatic heterocycles. The average Bonchev–Trinajstić information content (AvgIpc) is 2.53. The van der Waals surface area contributed by atoms with Crippen LogP contribution in [0.4, 0.5) is 11.4 Å². The molecule has 0 amide bonds. The summed E-state index contributed by atoms with van der Waals surface area (Å²) >= 11 is 0. The van der Waals surface area contributed by atoms with Crippen molar-refractivity contribution in [3.8, 4) is 0 Å². The Morgan fingerprint density at radius 1 is 1.04 bits per heavy atom. The summed E-state index contributed by atoms with van der Waals surface area (Å²) in [4.78, 5) is 32.7. The number of ketones is 1. The van der Waals surface area contributed by atoms with Crippen molar-refractivity contribution >= 4 is 23.2 Å². The molecule has 0 aromatic heterocycles. The second kappa shape index (κ2) is 6.61. The van der Waals surface area contributed by atoms with E-state index in [4.69, 9.17) is 0 Å². The summed E-state index contributed by atoms with van der Waals surface area (Å²) in [6.07, 6.45) is 2.79. The van der Waals surface area contributed by atoms with Crippen LogP contribution in [0.1, 0.15) is 21.5 Å². The Labute approximate surface area is 131 Å². The van der Waals surface area contributed by atoms with E-state index in [1.54, 1.807) is 30.3 Å². The maximum absolute atomic E-state index is 12.3. The van der Waals surface area contributed by atoms with Crippen molar-refractivity contribution in [3.05, 3.63) is 85.5 Å². The van der Waals surface area contributed by atoms with E-state index in [1.165, 1.54) is 13.0 Å². The lowest BCUT2D eigenvalue weighted by Crippen LogP contribution is -2.04. The van der Waals surface area contributed by atoms with Crippen LogP contribution < -0.4 is 0 Å². The zero-order valence-corrected chi connectivity index (χ0v) is 12.1. The van der Waals surface area contributed by atoms with Crippen LogP contribution in [-0.4, -0.2) is 15.6 Å². The molecule has 0 radical (unpaired) electrons. The number of nitro groups is 2. The van der Waals surface area contributed by atoms with E-state index in [1.807, 2.05) is 6.07 Å². The van der Waals surface area contributed by atoms with E-state index < -0.39 is 27.0 Å². The molecule has 0 saturated carbocycles. The molecule has 0 heterocycles. The van der Waals surface area contributed by atoms with Crippen LogP contribution in [-0.2, 0) is 0 Å². The van der Waals surface area contributed by atoms with Gasteiger partial charge in [-0.2, -0.15) is 0 Å². The predicted octanol–water partition coefficient (Wildman–Crippen LogP) is 3.71. The molecule has 23 heavy (non-hydrogen) atoms. The number of hydrogen-bond donors (Lipinski definition) is 0. The number of nitrogens with zero attached hydrogens (tertiary/aromatic N) is 2. The first-order valence-corrected chi connectivity index (χ1v) is 6.61. The van der Waals surface area contributed by atoms with Crippen LogP contribution in [0.3, 0.4) is 0 Å². The molecule has 2 rings (SSSR count). The molecule has 0 bridgehead atoms. The van der Waals surface area contributed by atoms with Crippen LogP contribution in [0, 0.1) is 27.2 Å². The number of rotatable bonds is 5. The van der Waals surface area contributed by atoms with Gasteiger partial charge in [-0.15, -0.1) is 0 Å². The van der Waals surface area contributed by atoms with E-state index >= 15 is 0 Å². The van der Waals surface area contributed by atoms with E-state index in [-0.39, 0.29) is 11.1 Å². The first-order valence-electron chi connectivity index (χ1n) is 6.61. The molecule has 0 atom stereocenters. The minimum atomic E-state index is -0.760. The number of non-ortho nitro benzene ring substituents is 1. The molecule has 0 saturated heterocycles. The Kier molecular flexibility index (Phi) is 4.61. The monoisotopic (exact) mass is 312 g/mol. The number of nitro benzene ring substituents is 2. The van der Waals surface area contributed by atoms with Gasteiger partial charge in [-0.25, -0.2) is 0 Å². The second-order valence-electron chi connectivity index (χ2n) is 4.76. The molecule has 7 heteroatoms. The van der Waals surface area contributed by atoms with Gasteiger partial charge in [-0.1, -0.05) is 36.4 Å². The van der Waals surface area contributed by atoms with Crippen molar-refractivity contribution in [1.29, 1.82) is 0 Å². The van der Waals surface area contributed by atoms with Crippen LogP contribution in [0.2, 0.25) is 0 Å². The molecule has 0 aliphatic carbocycles. The molecule has 2 aromatic carbocycles. The molecule has 0 fully saturated rings. The third-order valence-electron chi connectivity index (χ3n) is 3.26. The molecular weight excluding hydrogens is 300 g/mol. The summed E-state index contributed by atoms with van der Waals surface area (Å²) in [5.41, 5.74) is -0.116. The van der Waals surface area contributed by atoms with Crippen molar-refractivity contribution in [2.45, 2.75) is 6.92 Å². The Morgan fingerprint density at radius 2 is 1.70 bits per heavy atom. The maximum atomic E-state index is 12.3. The number of hydrogen-bond acceptors (Lipinski definition) is 5. The van der Waals surface area contributed by atoms with Gasteiger partial charge in [-0.3, -0.25) is 25.0 Å². The van der Waals surface area contributed by atoms with Crippen LogP contribution in [0.15, 0.2) is 48.5 Å². The van der Waals surface area contributed by atoms with Crippen LogP contribution in [0.5, 0.6) is 0 Å². The first kappa shape index (κ1) is 16.0. The van der Waals surface area contributed by atoms with E-state index in [2.05, 4.69) is 0 Å². The van der Waals surface area contributed by atoms with E-state index in [0.717, 1.165) is 17.7 Å². The minimum Gasteiger partial charge on any atom is -0.289 e. The van der Waals surface area contributed by atoms with Gasteiger partial charge in [0.05, 0.1) is 15.9 Å². The van der Waals surface area contributed by atoms with Gasteiger partial charge in [0.15, 0.2) is 5.78 Å². The molecular formula is C16H12N2O5. The molecule has 7 nitrogen and oxygen atoms in total. The Balaban J connectivity index is 2.45. The van der Waals surface area contributed by atoms with Crippen molar-refractivity contribution < 1.29 is 14.6 Å². The summed E-state index contributed by atoms with van der Waals surface area (Å²) in [5.74, 6) is -0.529. The van der Waals surface area contributed by atoms with Crippen LogP contribution >= 0.6 is 0 Å². The molecule has 0 unspecified atom stereocenters. The smallest absolute Gasteiger partial charge is 0.279 e. The molecule has 0 aliphatic rings. The Morgan fingerprint density at radius 3 is 2.26 bits per heavy atom. The van der Waals surface area contributed by atoms with Gasteiger partial charge in [0.25, 0.3) is 11.4 Å². The lowest BCUT2D eigenvalue weighted by molar-refractivity contribution is -0.394. The minimum absolute atomic E-state index is 0.0573. The fourth-order valence-electron chi connectivity index (χ4n) is 2.06. The highest BCUT2D eigenvalue weighted by Gasteiger charge is 2.23. The first-order chi connectivity index (χ1) is 10.9. The SMILES string of the molecule is Cc1c(C(=O)/C=C\c2ccccc2)cc([N+](=O)[O-])cc1[N+](=O)[O-]. The summed E-state index contributed by atoms with van der Waals surface area (Å²) in [7, 11) is 0. The summed E-state index contributed by atoms with van der Waals surface area (Å²) < 4.78 is 0. The number of carbonyl (C=O) groups is 1. The van der Waals surface area contributed by atoms with E-state index in [0.29, 0.717) is 0 Å². The predicted molar refractivity (Wildman–Crippen MR) is 84.3 cm³/mol. The highest BCUT2D eigenvalue weighted by molar-refractivity contribution is 6.08. The van der Waals surface area contributed by atoms with Crippen molar-refractivity contribution in [1.82, 2.24) is 0 Å². The maximum Gasteiger partial charge on any atom is 0.279 e. The standard InChI is InChI=1S/C16H12N2O5/c1-11-14(9-13(17(20)21)10-15(11)18(22)23)16(19)8-7-12-5-3-2-4-6-12/h2-10H,1H3/b8-7-. The third kappa shape index (κ3) is 3.65. The fraction of sp³-hybridized carbons (Fsp3) is 0.0625. The summed E-state index contributed by atoms with van der Waals surface area (Å²) in [6.45, 7) is 1.39. The summed E-state index contributed by atoms with van der Waals surface area (Å²) in [5, 5.41) is 21.9. The van der Waals surface area contributed by atoms with Crippen LogP contribution in [0.25, 0.3) is 6.08 Å². The van der Waals surface area contributed by atoms with Gasteiger partial charge >= 0.3 is 0 Å². The molecule has 116 valence electrons. The molecule has 0 spiro atoms.